The minimum absolute atomic E-state index is 0.191. The summed E-state index contributed by atoms with van der Waals surface area (Å²) in [4.78, 5) is 0. The SMILES string of the molecule is Oc1ccc2c(Cl)ccc(Cl)c2c1. The number of benzene rings is 2. The van der Waals surface area contributed by atoms with Gasteiger partial charge in [-0.1, -0.05) is 23.2 Å². The lowest BCUT2D eigenvalue weighted by Gasteiger charge is -2.02. The summed E-state index contributed by atoms with van der Waals surface area (Å²) in [6.07, 6.45) is 0. The second kappa shape index (κ2) is 3.09. The highest BCUT2D eigenvalue weighted by Crippen LogP contribution is 2.31. The van der Waals surface area contributed by atoms with Crippen LogP contribution >= 0.6 is 23.2 Å². The summed E-state index contributed by atoms with van der Waals surface area (Å²) in [6, 6.07) is 8.39. The molecule has 13 heavy (non-hydrogen) atoms. The Morgan fingerprint density at radius 2 is 1.46 bits per heavy atom. The summed E-state index contributed by atoms with van der Waals surface area (Å²) < 4.78 is 0. The zero-order valence-electron chi connectivity index (χ0n) is 6.59. The van der Waals surface area contributed by atoms with E-state index in [2.05, 4.69) is 0 Å². The van der Waals surface area contributed by atoms with E-state index in [0.717, 1.165) is 10.8 Å². The van der Waals surface area contributed by atoms with Crippen LogP contribution in [-0.2, 0) is 0 Å². The number of aromatic hydroxyl groups is 1. The first-order valence-electron chi connectivity index (χ1n) is 3.75. The van der Waals surface area contributed by atoms with Crippen LogP contribution in [0, 0.1) is 0 Å². The maximum atomic E-state index is 9.24. The molecule has 0 saturated heterocycles. The van der Waals surface area contributed by atoms with E-state index in [1.54, 1.807) is 30.3 Å². The summed E-state index contributed by atoms with van der Waals surface area (Å²) in [7, 11) is 0. The Labute approximate surface area is 85.5 Å². The molecule has 0 fully saturated rings. The third-order valence-corrected chi connectivity index (χ3v) is 2.55. The molecular weight excluding hydrogens is 207 g/mol. The van der Waals surface area contributed by atoms with Gasteiger partial charge in [-0.3, -0.25) is 0 Å². The van der Waals surface area contributed by atoms with Gasteiger partial charge in [-0.2, -0.15) is 0 Å². The van der Waals surface area contributed by atoms with Gasteiger partial charge in [-0.15, -0.1) is 0 Å². The quantitative estimate of drug-likeness (QED) is 0.704. The maximum absolute atomic E-state index is 9.24. The molecule has 2 rings (SSSR count). The molecule has 1 N–H and O–H groups in total. The molecule has 2 aromatic carbocycles. The minimum Gasteiger partial charge on any atom is -0.508 e. The summed E-state index contributed by atoms with van der Waals surface area (Å²) in [6.45, 7) is 0. The van der Waals surface area contributed by atoms with Gasteiger partial charge in [0.15, 0.2) is 0 Å². The normalized spacial score (nSPS) is 10.6. The van der Waals surface area contributed by atoms with Gasteiger partial charge >= 0.3 is 0 Å². The van der Waals surface area contributed by atoms with Crippen molar-refractivity contribution >= 4 is 34.0 Å². The van der Waals surface area contributed by atoms with Crippen LogP contribution in [0.2, 0.25) is 10.0 Å². The first-order chi connectivity index (χ1) is 6.18. The van der Waals surface area contributed by atoms with Crippen molar-refractivity contribution in [3.63, 3.8) is 0 Å². The molecule has 3 heteroatoms. The molecule has 2 aromatic rings. The van der Waals surface area contributed by atoms with Crippen molar-refractivity contribution in [1.29, 1.82) is 0 Å². The van der Waals surface area contributed by atoms with Gasteiger partial charge in [0.25, 0.3) is 0 Å². The monoisotopic (exact) mass is 212 g/mol. The van der Waals surface area contributed by atoms with Gasteiger partial charge in [-0.25, -0.2) is 0 Å². The highest BCUT2D eigenvalue weighted by molar-refractivity contribution is 6.40. The van der Waals surface area contributed by atoms with Crippen LogP contribution in [0.15, 0.2) is 30.3 Å². The number of rotatable bonds is 0. The van der Waals surface area contributed by atoms with E-state index < -0.39 is 0 Å². The molecule has 0 aromatic heterocycles. The number of halogens is 2. The lowest BCUT2D eigenvalue weighted by molar-refractivity contribution is 0.476. The Morgan fingerprint density at radius 3 is 2.15 bits per heavy atom. The Morgan fingerprint density at radius 1 is 0.846 bits per heavy atom. The van der Waals surface area contributed by atoms with Gasteiger partial charge in [0, 0.05) is 20.8 Å². The molecule has 1 nitrogen and oxygen atoms in total. The molecule has 0 saturated carbocycles. The molecule has 0 radical (unpaired) electrons. The summed E-state index contributed by atoms with van der Waals surface area (Å²) in [5.41, 5.74) is 0. The van der Waals surface area contributed by atoms with E-state index in [9.17, 15) is 5.11 Å². The van der Waals surface area contributed by atoms with Crippen LogP contribution in [-0.4, -0.2) is 5.11 Å². The van der Waals surface area contributed by atoms with E-state index in [4.69, 9.17) is 23.2 Å². The van der Waals surface area contributed by atoms with E-state index in [1.807, 2.05) is 0 Å². The molecule has 0 amide bonds. The molecule has 0 spiro atoms. The second-order valence-electron chi connectivity index (χ2n) is 2.76. The van der Waals surface area contributed by atoms with Crippen LogP contribution in [0.1, 0.15) is 0 Å². The van der Waals surface area contributed by atoms with Gasteiger partial charge < -0.3 is 5.11 Å². The molecule has 0 bridgehead atoms. The van der Waals surface area contributed by atoms with Crippen LogP contribution in [0.25, 0.3) is 10.8 Å². The molecule has 0 heterocycles. The molecular formula is C10H6Cl2O. The predicted octanol–water partition coefficient (Wildman–Crippen LogP) is 3.85. The van der Waals surface area contributed by atoms with Crippen molar-refractivity contribution in [2.24, 2.45) is 0 Å². The fourth-order valence-electron chi connectivity index (χ4n) is 1.26. The highest BCUT2D eigenvalue weighted by atomic mass is 35.5. The van der Waals surface area contributed by atoms with E-state index in [-0.39, 0.29) is 5.75 Å². The molecule has 66 valence electrons. The van der Waals surface area contributed by atoms with Crippen LogP contribution in [0.5, 0.6) is 5.75 Å². The van der Waals surface area contributed by atoms with Gasteiger partial charge in [-0.05, 0) is 30.3 Å². The van der Waals surface area contributed by atoms with Crippen molar-refractivity contribution in [3.05, 3.63) is 40.4 Å². The fourth-order valence-corrected chi connectivity index (χ4v) is 1.71. The zero-order valence-corrected chi connectivity index (χ0v) is 8.10. The number of phenolic OH excluding ortho intramolecular Hbond substituents is 1. The average molecular weight is 213 g/mol. The summed E-state index contributed by atoms with van der Waals surface area (Å²) in [5, 5.41) is 12.1. The Bertz CT molecular complexity index is 466. The zero-order chi connectivity index (χ0) is 9.42. The smallest absolute Gasteiger partial charge is 0.116 e. The topological polar surface area (TPSA) is 20.2 Å². The summed E-state index contributed by atoms with van der Waals surface area (Å²) >= 11 is 11.9. The fraction of sp³-hybridized carbons (Fsp3) is 0. The lowest BCUT2D eigenvalue weighted by atomic mass is 10.1. The third kappa shape index (κ3) is 1.45. The van der Waals surface area contributed by atoms with Gasteiger partial charge in [0.2, 0.25) is 0 Å². The molecule has 0 aliphatic heterocycles. The predicted molar refractivity (Wildman–Crippen MR) is 55.6 cm³/mol. The summed E-state index contributed by atoms with van der Waals surface area (Å²) in [5.74, 6) is 0.191. The minimum atomic E-state index is 0.191. The standard InChI is InChI=1S/C10H6Cl2O/c11-9-3-4-10(12)8-5-6(13)1-2-7(8)9/h1-5,13H. The second-order valence-corrected chi connectivity index (χ2v) is 3.57. The first-order valence-corrected chi connectivity index (χ1v) is 4.51. The molecule has 0 atom stereocenters. The van der Waals surface area contributed by atoms with Crippen LogP contribution in [0.3, 0.4) is 0 Å². The largest absolute Gasteiger partial charge is 0.508 e. The maximum Gasteiger partial charge on any atom is 0.116 e. The number of phenols is 1. The van der Waals surface area contributed by atoms with Crippen molar-refractivity contribution in [2.75, 3.05) is 0 Å². The Balaban J connectivity index is 2.92. The Hall–Kier alpha value is -0.920. The number of hydrogen-bond donors (Lipinski definition) is 1. The van der Waals surface area contributed by atoms with Gasteiger partial charge in [0.1, 0.15) is 5.75 Å². The van der Waals surface area contributed by atoms with E-state index >= 15 is 0 Å². The number of hydrogen-bond acceptors (Lipinski definition) is 1. The first kappa shape index (κ1) is 8.67. The average Bonchev–Trinajstić information content (AvgIpc) is 2.12. The number of fused-ring (bicyclic) bond motifs is 1. The van der Waals surface area contributed by atoms with Crippen molar-refractivity contribution < 1.29 is 5.11 Å². The molecule has 0 unspecified atom stereocenters. The molecule has 0 aliphatic rings. The van der Waals surface area contributed by atoms with E-state index in [1.165, 1.54) is 0 Å². The van der Waals surface area contributed by atoms with E-state index in [0.29, 0.717) is 10.0 Å². The van der Waals surface area contributed by atoms with Crippen molar-refractivity contribution in [3.8, 4) is 5.75 Å². The Kier molecular flexibility index (Phi) is 2.06. The van der Waals surface area contributed by atoms with Gasteiger partial charge in [0.05, 0.1) is 0 Å². The molecule has 0 aliphatic carbocycles. The van der Waals surface area contributed by atoms with Crippen molar-refractivity contribution in [2.45, 2.75) is 0 Å². The van der Waals surface area contributed by atoms with Crippen LogP contribution < -0.4 is 0 Å². The van der Waals surface area contributed by atoms with Crippen LogP contribution in [0.4, 0.5) is 0 Å². The van der Waals surface area contributed by atoms with Crippen molar-refractivity contribution in [1.82, 2.24) is 0 Å². The lowest BCUT2D eigenvalue weighted by Crippen LogP contribution is -1.75. The highest BCUT2D eigenvalue weighted by Gasteiger charge is 2.03. The third-order valence-electron chi connectivity index (χ3n) is 1.89.